The van der Waals surface area contributed by atoms with Gasteiger partial charge in [-0.1, -0.05) is 23.4 Å². The molecular formula is C17H13ClN4O2S. The average Bonchev–Trinajstić information content (AvgIpc) is 3.24. The van der Waals surface area contributed by atoms with Crippen LogP contribution in [0.1, 0.15) is 6.42 Å². The largest absolute Gasteiger partial charge is 0.465 e. The first kappa shape index (κ1) is 16.1. The molecule has 0 radical (unpaired) electrons. The monoisotopic (exact) mass is 372 g/mol. The van der Waals surface area contributed by atoms with E-state index in [1.165, 1.54) is 11.8 Å². The maximum absolute atomic E-state index is 11.8. The van der Waals surface area contributed by atoms with Gasteiger partial charge in [0.25, 0.3) is 0 Å². The summed E-state index contributed by atoms with van der Waals surface area (Å²) in [6.07, 6.45) is 4.08. The van der Waals surface area contributed by atoms with E-state index in [-0.39, 0.29) is 11.2 Å². The van der Waals surface area contributed by atoms with Gasteiger partial charge < -0.3 is 4.74 Å². The number of ether oxygens (including phenoxy) is 1. The Balaban J connectivity index is 1.80. The summed E-state index contributed by atoms with van der Waals surface area (Å²) in [5, 5.41) is 9.66. The second kappa shape index (κ2) is 6.85. The molecule has 0 N–H and O–H groups in total. The number of esters is 1. The van der Waals surface area contributed by atoms with E-state index < -0.39 is 0 Å². The smallest absolute Gasteiger partial charge is 0.319 e. The molecule has 6 nitrogen and oxygen atoms in total. The van der Waals surface area contributed by atoms with Crippen molar-refractivity contribution in [2.45, 2.75) is 16.8 Å². The zero-order valence-electron chi connectivity index (χ0n) is 13.0. The summed E-state index contributed by atoms with van der Waals surface area (Å²) in [5.41, 5.74) is 1.76. The Labute approximate surface area is 153 Å². The summed E-state index contributed by atoms with van der Waals surface area (Å²) in [5.74, 6) is 0.472. The van der Waals surface area contributed by atoms with Crippen molar-refractivity contribution in [2.24, 2.45) is 0 Å². The van der Waals surface area contributed by atoms with Gasteiger partial charge in [0.2, 0.25) is 0 Å². The Bertz CT molecular complexity index is 899. The first-order valence-corrected chi connectivity index (χ1v) is 8.93. The van der Waals surface area contributed by atoms with Crippen LogP contribution < -0.4 is 0 Å². The van der Waals surface area contributed by atoms with Crippen LogP contribution in [0.3, 0.4) is 0 Å². The highest BCUT2D eigenvalue weighted by Gasteiger charge is 2.30. The van der Waals surface area contributed by atoms with Crippen molar-refractivity contribution in [2.75, 3.05) is 6.61 Å². The Morgan fingerprint density at radius 1 is 1.12 bits per heavy atom. The second-order valence-electron chi connectivity index (χ2n) is 5.42. The molecule has 2 aromatic heterocycles. The third kappa shape index (κ3) is 3.25. The van der Waals surface area contributed by atoms with Crippen LogP contribution in [0.2, 0.25) is 5.02 Å². The van der Waals surface area contributed by atoms with Gasteiger partial charge in [-0.05, 0) is 36.4 Å². The van der Waals surface area contributed by atoms with Crippen molar-refractivity contribution in [3.63, 3.8) is 0 Å². The molecule has 1 atom stereocenters. The van der Waals surface area contributed by atoms with Gasteiger partial charge in [0.05, 0.1) is 6.61 Å². The number of halogens is 1. The van der Waals surface area contributed by atoms with Crippen molar-refractivity contribution in [1.29, 1.82) is 0 Å². The van der Waals surface area contributed by atoms with E-state index in [0.717, 1.165) is 11.3 Å². The van der Waals surface area contributed by atoms with Crippen LogP contribution in [-0.4, -0.2) is 37.6 Å². The number of aromatic nitrogens is 4. The molecule has 25 heavy (non-hydrogen) atoms. The number of cyclic esters (lactones) is 1. The molecular weight excluding hydrogens is 360 g/mol. The van der Waals surface area contributed by atoms with Gasteiger partial charge in [0.15, 0.2) is 11.0 Å². The Hall–Kier alpha value is -2.38. The topological polar surface area (TPSA) is 69.9 Å². The molecule has 1 aliphatic heterocycles. The maximum atomic E-state index is 11.8. The van der Waals surface area contributed by atoms with E-state index >= 15 is 0 Å². The zero-order valence-corrected chi connectivity index (χ0v) is 14.6. The normalized spacial score (nSPS) is 16.8. The minimum Gasteiger partial charge on any atom is -0.465 e. The molecule has 0 saturated carbocycles. The SMILES string of the molecule is O=C1OCC[C@H]1Sc1nnc(-c2ccncc2)n1-c1ccc(Cl)cc1. The van der Waals surface area contributed by atoms with Gasteiger partial charge in [-0.2, -0.15) is 0 Å². The quantitative estimate of drug-likeness (QED) is 0.654. The van der Waals surface area contributed by atoms with E-state index in [9.17, 15) is 4.79 Å². The Kier molecular flexibility index (Phi) is 4.42. The van der Waals surface area contributed by atoms with Crippen LogP contribution in [0.4, 0.5) is 0 Å². The van der Waals surface area contributed by atoms with Crippen molar-refractivity contribution < 1.29 is 9.53 Å². The molecule has 4 rings (SSSR count). The zero-order chi connectivity index (χ0) is 17.2. The van der Waals surface area contributed by atoms with Gasteiger partial charge in [-0.3, -0.25) is 14.3 Å². The van der Waals surface area contributed by atoms with Gasteiger partial charge in [0, 0.05) is 35.1 Å². The molecule has 1 aliphatic rings. The van der Waals surface area contributed by atoms with Crippen molar-refractivity contribution in [1.82, 2.24) is 19.7 Å². The standard InChI is InChI=1S/C17H13ClN4O2S/c18-12-1-3-13(4-2-12)22-15(11-5-8-19-9-6-11)20-21-17(22)25-14-7-10-24-16(14)23/h1-6,8-9,14H,7,10H2/t14-/m1/s1. The molecule has 1 saturated heterocycles. The molecule has 0 bridgehead atoms. The molecule has 0 aliphatic carbocycles. The van der Waals surface area contributed by atoms with E-state index in [0.29, 0.717) is 29.0 Å². The van der Waals surface area contributed by atoms with Crippen LogP contribution in [0.15, 0.2) is 53.9 Å². The summed E-state index contributed by atoms with van der Waals surface area (Å²) in [7, 11) is 0. The molecule has 1 aromatic carbocycles. The molecule has 0 unspecified atom stereocenters. The van der Waals surface area contributed by atoms with Crippen molar-refractivity contribution in [3.8, 4) is 17.1 Å². The molecule has 0 spiro atoms. The highest BCUT2D eigenvalue weighted by molar-refractivity contribution is 8.00. The third-order valence-corrected chi connectivity index (χ3v) is 5.23. The van der Waals surface area contributed by atoms with Gasteiger partial charge in [-0.25, -0.2) is 0 Å². The number of pyridine rings is 1. The average molecular weight is 373 g/mol. The molecule has 1 fully saturated rings. The number of hydrogen-bond acceptors (Lipinski definition) is 6. The lowest BCUT2D eigenvalue weighted by Crippen LogP contribution is -2.11. The summed E-state index contributed by atoms with van der Waals surface area (Å²) in [6, 6.07) is 11.2. The highest BCUT2D eigenvalue weighted by atomic mass is 35.5. The molecule has 126 valence electrons. The third-order valence-electron chi connectivity index (χ3n) is 3.79. The van der Waals surface area contributed by atoms with Crippen LogP contribution >= 0.6 is 23.4 Å². The number of carbonyl (C=O) groups excluding carboxylic acids is 1. The molecule has 3 aromatic rings. The first-order chi connectivity index (χ1) is 12.2. The van der Waals surface area contributed by atoms with Crippen molar-refractivity contribution >= 4 is 29.3 Å². The summed E-state index contributed by atoms with van der Waals surface area (Å²) < 4.78 is 6.97. The predicted octanol–water partition coefficient (Wildman–Crippen LogP) is 3.39. The lowest BCUT2D eigenvalue weighted by atomic mass is 10.2. The minimum absolute atomic E-state index is 0.207. The van der Waals surface area contributed by atoms with Crippen LogP contribution in [-0.2, 0) is 9.53 Å². The minimum atomic E-state index is -0.263. The molecule has 0 amide bonds. The summed E-state index contributed by atoms with van der Waals surface area (Å²) >= 11 is 7.38. The van der Waals surface area contributed by atoms with E-state index in [2.05, 4.69) is 15.2 Å². The van der Waals surface area contributed by atoms with E-state index in [1.54, 1.807) is 12.4 Å². The fraction of sp³-hybridized carbons (Fsp3) is 0.176. The number of thioether (sulfide) groups is 1. The van der Waals surface area contributed by atoms with Crippen LogP contribution in [0.25, 0.3) is 17.1 Å². The fourth-order valence-corrected chi connectivity index (χ4v) is 3.71. The summed E-state index contributed by atoms with van der Waals surface area (Å²) in [4.78, 5) is 15.9. The van der Waals surface area contributed by atoms with Crippen LogP contribution in [0, 0.1) is 0 Å². The van der Waals surface area contributed by atoms with Crippen LogP contribution in [0.5, 0.6) is 0 Å². The summed E-state index contributed by atoms with van der Waals surface area (Å²) in [6.45, 7) is 0.447. The number of hydrogen-bond donors (Lipinski definition) is 0. The molecule has 3 heterocycles. The highest BCUT2D eigenvalue weighted by Crippen LogP contribution is 2.33. The Morgan fingerprint density at radius 3 is 2.56 bits per heavy atom. The Morgan fingerprint density at radius 2 is 1.88 bits per heavy atom. The number of carbonyl (C=O) groups is 1. The van der Waals surface area contributed by atoms with Gasteiger partial charge >= 0.3 is 5.97 Å². The van der Waals surface area contributed by atoms with Gasteiger partial charge in [-0.15, -0.1) is 10.2 Å². The maximum Gasteiger partial charge on any atom is 0.319 e. The number of benzene rings is 1. The van der Waals surface area contributed by atoms with E-state index in [4.69, 9.17) is 16.3 Å². The lowest BCUT2D eigenvalue weighted by Gasteiger charge is -2.11. The van der Waals surface area contributed by atoms with Gasteiger partial charge in [0.1, 0.15) is 5.25 Å². The first-order valence-electron chi connectivity index (χ1n) is 7.67. The predicted molar refractivity (Wildman–Crippen MR) is 94.8 cm³/mol. The second-order valence-corrected chi connectivity index (χ2v) is 7.02. The number of rotatable bonds is 4. The van der Waals surface area contributed by atoms with Crippen molar-refractivity contribution in [3.05, 3.63) is 53.8 Å². The fourth-order valence-electron chi connectivity index (χ4n) is 2.57. The molecule has 8 heteroatoms. The lowest BCUT2D eigenvalue weighted by molar-refractivity contribution is -0.137. The van der Waals surface area contributed by atoms with E-state index in [1.807, 2.05) is 41.0 Å². The number of nitrogens with zero attached hydrogens (tertiary/aromatic N) is 4.